The quantitative estimate of drug-likeness (QED) is 0.817. The lowest BCUT2D eigenvalue weighted by Gasteiger charge is -2.19. The van der Waals surface area contributed by atoms with E-state index in [9.17, 15) is 4.79 Å². The van der Waals surface area contributed by atoms with Crippen LogP contribution >= 0.6 is 11.8 Å². The minimum Gasteiger partial charge on any atom is -0.337 e. The van der Waals surface area contributed by atoms with Crippen molar-refractivity contribution in [3.05, 3.63) is 30.4 Å². The van der Waals surface area contributed by atoms with Crippen molar-refractivity contribution in [1.82, 2.24) is 20.0 Å². The third-order valence-electron chi connectivity index (χ3n) is 3.11. The Balaban J connectivity index is 1.96. The van der Waals surface area contributed by atoms with Crippen LogP contribution in [0, 0.1) is 0 Å². The number of carbonyl (C=O) groups is 1. The lowest BCUT2D eigenvalue weighted by molar-refractivity contribution is -0.132. The molecule has 0 fully saturated rings. The van der Waals surface area contributed by atoms with Gasteiger partial charge in [-0.1, -0.05) is 5.16 Å². The molecule has 2 N–H and O–H groups in total. The van der Waals surface area contributed by atoms with Crippen LogP contribution in [0.2, 0.25) is 0 Å². The fourth-order valence-corrected chi connectivity index (χ4v) is 2.36. The van der Waals surface area contributed by atoms with E-state index < -0.39 is 6.04 Å². The molecule has 0 aliphatic carbocycles. The molecule has 0 bridgehead atoms. The molecular weight excluding hydrogens is 302 g/mol. The summed E-state index contributed by atoms with van der Waals surface area (Å²) in [6.07, 6.45) is 5.95. The highest BCUT2D eigenvalue weighted by Crippen LogP contribution is 2.14. The van der Waals surface area contributed by atoms with E-state index in [1.165, 1.54) is 4.90 Å². The summed E-state index contributed by atoms with van der Waals surface area (Å²) in [5.74, 6) is 1.58. The first-order valence-electron chi connectivity index (χ1n) is 6.84. The number of likely N-dealkylation sites (N-methyl/N-ethyl adjacent to an activating group) is 1. The van der Waals surface area contributed by atoms with Crippen LogP contribution in [0.5, 0.6) is 0 Å². The normalized spacial score (nSPS) is 12.1. The first-order chi connectivity index (χ1) is 10.6. The number of aromatic nitrogens is 3. The van der Waals surface area contributed by atoms with E-state index in [0.29, 0.717) is 18.1 Å². The first-order valence-corrected chi connectivity index (χ1v) is 8.23. The number of pyridine rings is 1. The summed E-state index contributed by atoms with van der Waals surface area (Å²) in [7, 11) is 1.68. The van der Waals surface area contributed by atoms with Crippen LogP contribution in [0.25, 0.3) is 11.4 Å². The average Bonchev–Trinajstić information content (AvgIpc) is 3.01. The Labute approximate surface area is 133 Å². The Bertz CT molecular complexity index is 604. The Morgan fingerprint density at radius 2 is 2.18 bits per heavy atom. The van der Waals surface area contributed by atoms with Gasteiger partial charge in [0, 0.05) is 25.0 Å². The van der Waals surface area contributed by atoms with Gasteiger partial charge >= 0.3 is 0 Å². The number of hydrogen-bond donors (Lipinski definition) is 1. The molecule has 2 aromatic rings. The monoisotopic (exact) mass is 321 g/mol. The molecule has 0 aliphatic heterocycles. The fourth-order valence-electron chi connectivity index (χ4n) is 1.87. The highest BCUT2D eigenvalue weighted by Gasteiger charge is 2.20. The van der Waals surface area contributed by atoms with Crippen molar-refractivity contribution in [3.63, 3.8) is 0 Å². The van der Waals surface area contributed by atoms with Crippen LogP contribution < -0.4 is 5.73 Å². The van der Waals surface area contributed by atoms with E-state index in [1.54, 1.807) is 43.3 Å². The van der Waals surface area contributed by atoms with Crippen LogP contribution in [0.1, 0.15) is 12.3 Å². The van der Waals surface area contributed by atoms with Crippen LogP contribution in [-0.4, -0.2) is 51.0 Å². The van der Waals surface area contributed by atoms with Gasteiger partial charge in [-0.05, 0) is 30.6 Å². The second-order valence-electron chi connectivity index (χ2n) is 4.83. The largest absolute Gasteiger partial charge is 0.337 e. The molecule has 2 aromatic heterocycles. The van der Waals surface area contributed by atoms with Gasteiger partial charge in [-0.25, -0.2) is 0 Å². The van der Waals surface area contributed by atoms with E-state index >= 15 is 0 Å². The number of rotatable bonds is 7. The van der Waals surface area contributed by atoms with Gasteiger partial charge in [-0.15, -0.1) is 0 Å². The Morgan fingerprint density at radius 3 is 2.86 bits per heavy atom. The summed E-state index contributed by atoms with van der Waals surface area (Å²) < 4.78 is 5.18. The minimum absolute atomic E-state index is 0.127. The zero-order valence-electron chi connectivity index (χ0n) is 12.6. The molecule has 0 radical (unpaired) electrons. The molecule has 0 aliphatic rings. The molecule has 8 heteroatoms. The summed E-state index contributed by atoms with van der Waals surface area (Å²) in [5, 5.41) is 3.91. The minimum atomic E-state index is -0.500. The number of amides is 1. The standard InChI is InChI=1S/C14H19N5O2S/c1-19(14(20)11(15)5-8-22-2)9-12-17-13(18-21-12)10-3-6-16-7-4-10/h3-4,6-7,11H,5,8-9,15H2,1-2H3/t11-/m0/s1. The highest BCUT2D eigenvalue weighted by molar-refractivity contribution is 7.98. The molecule has 2 rings (SSSR count). The molecule has 2 heterocycles. The summed E-state index contributed by atoms with van der Waals surface area (Å²) >= 11 is 1.67. The molecule has 118 valence electrons. The topological polar surface area (TPSA) is 98.1 Å². The molecule has 0 spiro atoms. The average molecular weight is 321 g/mol. The maximum atomic E-state index is 12.1. The van der Waals surface area contributed by atoms with Gasteiger partial charge in [0.05, 0.1) is 12.6 Å². The molecule has 22 heavy (non-hydrogen) atoms. The van der Waals surface area contributed by atoms with Crippen molar-refractivity contribution in [2.45, 2.75) is 19.0 Å². The zero-order valence-corrected chi connectivity index (χ0v) is 13.4. The van der Waals surface area contributed by atoms with Crippen molar-refractivity contribution in [1.29, 1.82) is 0 Å². The Morgan fingerprint density at radius 1 is 1.45 bits per heavy atom. The summed E-state index contributed by atoms with van der Waals surface area (Å²) in [6, 6.07) is 3.09. The van der Waals surface area contributed by atoms with E-state index in [2.05, 4.69) is 15.1 Å². The van der Waals surface area contributed by atoms with Gasteiger partial charge in [-0.3, -0.25) is 9.78 Å². The number of nitrogens with zero attached hydrogens (tertiary/aromatic N) is 4. The van der Waals surface area contributed by atoms with Gasteiger partial charge in [0.25, 0.3) is 0 Å². The number of hydrogen-bond acceptors (Lipinski definition) is 7. The predicted molar refractivity (Wildman–Crippen MR) is 85.0 cm³/mol. The molecule has 0 aromatic carbocycles. The molecule has 0 saturated heterocycles. The van der Waals surface area contributed by atoms with E-state index in [4.69, 9.17) is 10.3 Å². The molecular formula is C14H19N5O2S. The van der Waals surface area contributed by atoms with E-state index in [-0.39, 0.29) is 12.5 Å². The second-order valence-corrected chi connectivity index (χ2v) is 5.82. The molecule has 0 saturated carbocycles. The fraction of sp³-hybridized carbons (Fsp3) is 0.429. The number of nitrogens with two attached hydrogens (primary N) is 1. The third-order valence-corrected chi connectivity index (χ3v) is 3.75. The lowest BCUT2D eigenvalue weighted by Crippen LogP contribution is -2.41. The molecule has 0 unspecified atom stereocenters. The van der Waals surface area contributed by atoms with Crippen LogP contribution in [-0.2, 0) is 11.3 Å². The van der Waals surface area contributed by atoms with Crippen molar-refractivity contribution < 1.29 is 9.32 Å². The highest BCUT2D eigenvalue weighted by atomic mass is 32.2. The molecule has 1 atom stereocenters. The van der Waals surface area contributed by atoms with E-state index in [1.807, 2.05) is 6.26 Å². The van der Waals surface area contributed by atoms with Crippen molar-refractivity contribution in [2.24, 2.45) is 5.73 Å². The maximum Gasteiger partial charge on any atom is 0.246 e. The van der Waals surface area contributed by atoms with Crippen molar-refractivity contribution in [3.8, 4) is 11.4 Å². The van der Waals surface area contributed by atoms with Gasteiger partial charge < -0.3 is 15.2 Å². The Hall–Kier alpha value is -1.93. The van der Waals surface area contributed by atoms with Gasteiger partial charge in [-0.2, -0.15) is 16.7 Å². The van der Waals surface area contributed by atoms with Gasteiger partial charge in [0.1, 0.15) is 0 Å². The van der Waals surface area contributed by atoms with Crippen molar-refractivity contribution >= 4 is 17.7 Å². The predicted octanol–water partition coefficient (Wildman–Crippen LogP) is 1.17. The van der Waals surface area contributed by atoms with Gasteiger partial charge in [0.15, 0.2) is 0 Å². The first kappa shape index (κ1) is 16.4. The maximum absolute atomic E-state index is 12.1. The summed E-state index contributed by atoms with van der Waals surface area (Å²) in [5.41, 5.74) is 6.69. The summed E-state index contributed by atoms with van der Waals surface area (Å²) in [4.78, 5) is 21.9. The van der Waals surface area contributed by atoms with Crippen LogP contribution in [0.15, 0.2) is 29.0 Å². The van der Waals surface area contributed by atoms with Gasteiger partial charge in [0.2, 0.25) is 17.6 Å². The molecule has 7 nitrogen and oxygen atoms in total. The molecule has 1 amide bonds. The zero-order chi connectivity index (χ0) is 15.9. The van der Waals surface area contributed by atoms with Crippen LogP contribution in [0.4, 0.5) is 0 Å². The smallest absolute Gasteiger partial charge is 0.246 e. The second kappa shape index (κ2) is 7.90. The van der Waals surface area contributed by atoms with Crippen LogP contribution in [0.3, 0.4) is 0 Å². The third kappa shape index (κ3) is 4.28. The SMILES string of the molecule is CSCC[C@H](N)C(=O)N(C)Cc1nc(-c2ccncc2)no1. The Kier molecular flexibility index (Phi) is 5.91. The lowest BCUT2D eigenvalue weighted by atomic mass is 10.2. The summed E-state index contributed by atoms with van der Waals surface area (Å²) in [6.45, 7) is 0.240. The van der Waals surface area contributed by atoms with E-state index in [0.717, 1.165) is 11.3 Å². The number of thioether (sulfide) groups is 1. The van der Waals surface area contributed by atoms with Crippen molar-refractivity contribution in [2.75, 3.05) is 19.1 Å². The number of carbonyl (C=O) groups excluding carboxylic acids is 1.